The van der Waals surface area contributed by atoms with E-state index in [1.165, 1.54) is 5.56 Å². The Morgan fingerprint density at radius 2 is 1.75 bits per heavy atom. The third-order valence-corrected chi connectivity index (χ3v) is 2.63. The number of nitrogens with zero attached hydrogens (tertiary/aromatic N) is 2. The average Bonchev–Trinajstić information content (AvgIpc) is 2.25. The molecular weight excluding hydrogens is 202 g/mol. The Kier molecular flexibility index (Phi) is 5.35. The number of methoxy groups -OCH3 is 1. The first kappa shape index (κ1) is 13.1. The Morgan fingerprint density at radius 1 is 1.12 bits per heavy atom. The van der Waals surface area contributed by atoms with Crippen molar-refractivity contribution in [2.75, 3.05) is 20.3 Å². The summed E-state index contributed by atoms with van der Waals surface area (Å²) in [5.41, 5.74) is 8.91. The molecule has 0 saturated heterocycles. The van der Waals surface area contributed by atoms with Crippen molar-refractivity contribution in [1.29, 1.82) is 0 Å². The van der Waals surface area contributed by atoms with Gasteiger partial charge in [0.2, 0.25) is 0 Å². The second-order valence-corrected chi connectivity index (χ2v) is 3.92. The van der Waals surface area contributed by atoms with Crippen LogP contribution in [0.5, 0.6) is 0 Å². The zero-order valence-electron chi connectivity index (χ0n) is 10.4. The molecule has 0 amide bonds. The maximum atomic E-state index is 5.51. The summed E-state index contributed by atoms with van der Waals surface area (Å²) in [4.78, 5) is 8.98. The van der Waals surface area contributed by atoms with E-state index in [1.807, 2.05) is 13.8 Å². The van der Waals surface area contributed by atoms with Crippen LogP contribution in [0.3, 0.4) is 0 Å². The number of nitrogens with two attached hydrogens (primary N) is 1. The summed E-state index contributed by atoms with van der Waals surface area (Å²) in [5.74, 6) is 0.869. The SMILES string of the molecule is COCCc1nc(C)c(CCCN)c(C)n1. The van der Waals surface area contributed by atoms with Crippen molar-refractivity contribution in [3.63, 3.8) is 0 Å². The van der Waals surface area contributed by atoms with Gasteiger partial charge in [-0.15, -0.1) is 0 Å². The number of rotatable bonds is 6. The molecule has 0 bridgehead atoms. The Labute approximate surface area is 97.2 Å². The van der Waals surface area contributed by atoms with Gasteiger partial charge in [-0.25, -0.2) is 9.97 Å². The molecule has 0 aliphatic rings. The number of hydrogen-bond donors (Lipinski definition) is 1. The van der Waals surface area contributed by atoms with E-state index in [4.69, 9.17) is 10.5 Å². The van der Waals surface area contributed by atoms with E-state index in [-0.39, 0.29) is 0 Å². The molecule has 1 aromatic heterocycles. The van der Waals surface area contributed by atoms with Crippen LogP contribution in [-0.4, -0.2) is 30.2 Å². The van der Waals surface area contributed by atoms with Gasteiger partial charge in [0.15, 0.2) is 0 Å². The van der Waals surface area contributed by atoms with E-state index in [0.29, 0.717) is 13.2 Å². The quantitative estimate of drug-likeness (QED) is 0.786. The van der Waals surface area contributed by atoms with Crippen molar-refractivity contribution >= 4 is 0 Å². The van der Waals surface area contributed by atoms with Crippen LogP contribution in [-0.2, 0) is 17.6 Å². The fourth-order valence-electron chi connectivity index (χ4n) is 1.75. The molecule has 0 aliphatic carbocycles. The van der Waals surface area contributed by atoms with Gasteiger partial charge in [0.05, 0.1) is 6.61 Å². The number of aryl methyl sites for hydroxylation is 2. The normalized spacial score (nSPS) is 10.8. The van der Waals surface area contributed by atoms with Crippen molar-refractivity contribution in [1.82, 2.24) is 9.97 Å². The monoisotopic (exact) mass is 223 g/mol. The second kappa shape index (κ2) is 6.55. The van der Waals surface area contributed by atoms with E-state index in [2.05, 4.69) is 9.97 Å². The minimum atomic E-state index is 0.668. The highest BCUT2D eigenvalue weighted by atomic mass is 16.5. The number of aromatic nitrogens is 2. The number of ether oxygens (including phenoxy) is 1. The second-order valence-electron chi connectivity index (χ2n) is 3.92. The first-order valence-electron chi connectivity index (χ1n) is 5.71. The van der Waals surface area contributed by atoms with Gasteiger partial charge >= 0.3 is 0 Å². The summed E-state index contributed by atoms with van der Waals surface area (Å²) in [6.07, 6.45) is 2.73. The standard InChI is InChI=1S/C12H21N3O/c1-9-11(5-4-7-13)10(2)15-12(14-9)6-8-16-3/h4-8,13H2,1-3H3. The fraction of sp³-hybridized carbons (Fsp3) is 0.667. The molecule has 0 saturated carbocycles. The van der Waals surface area contributed by atoms with Crippen molar-refractivity contribution in [3.8, 4) is 0 Å². The molecule has 0 aromatic carbocycles. The molecule has 0 radical (unpaired) electrons. The van der Waals surface area contributed by atoms with Crippen LogP contribution >= 0.6 is 0 Å². The van der Waals surface area contributed by atoms with Gasteiger partial charge in [-0.1, -0.05) is 0 Å². The molecule has 0 spiro atoms. The molecule has 2 N–H and O–H groups in total. The maximum Gasteiger partial charge on any atom is 0.131 e. The summed E-state index contributed by atoms with van der Waals surface area (Å²) >= 11 is 0. The van der Waals surface area contributed by atoms with Gasteiger partial charge in [-0.05, 0) is 38.8 Å². The lowest BCUT2D eigenvalue weighted by Crippen LogP contribution is -2.09. The summed E-state index contributed by atoms with van der Waals surface area (Å²) in [5, 5.41) is 0. The van der Waals surface area contributed by atoms with Crippen LogP contribution in [0.15, 0.2) is 0 Å². The largest absolute Gasteiger partial charge is 0.384 e. The van der Waals surface area contributed by atoms with Crippen LogP contribution in [0, 0.1) is 13.8 Å². The van der Waals surface area contributed by atoms with Crippen LogP contribution in [0.25, 0.3) is 0 Å². The highest BCUT2D eigenvalue weighted by Gasteiger charge is 2.07. The van der Waals surface area contributed by atoms with Crippen LogP contribution in [0.4, 0.5) is 0 Å². The summed E-state index contributed by atoms with van der Waals surface area (Å²) in [6, 6.07) is 0. The lowest BCUT2D eigenvalue weighted by molar-refractivity contribution is 0.200. The summed E-state index contributed by atoms with van der Waals surface area (Å²) in [6.45, 7) is 5.46. The Balaban J connectivity index is 2.80. The molecule has 4 heteroatoms. The molecule has 1 heterocycles. The van der Waals surface area contributed by atoms with Gasteiger partial charge in [0, 0.05) is 24.9 Å². The molecule has 0 aliphatic heterocycles. The first-order chi connectivity index (χ1) is 7.69. The van der Waals surface area contributed by atoms with Gasteiger partial charge in [0.25, 0.3) is 0 Å². The third kappa shape index (κ3) is 3.54. The molecule has 1 rings (SSSR count). The van der Waals surface area contributed by atoms with Gasteiger partial charge < -0.3 is 10.5 Å². The lowest BCUT2D eigenvalue weighted by Gasteiger charge is -2.10. The molecule has 0 fully saturated rings. The zero-order valence-corrected chi connectivity index (χ0v) is 10.4. The van der Waals surface area contributed by atoms with Gasteiger partial charge in [-0.2, -0.15) is 0 Å². The Morgan fingerprint density at radius 3 is 2.25 bits per heavy atom. The van der Waals surface area contributed by atoms with Crippen molar-refractivity contribution in [2.24, 2.45) is 5.73 Å². The van der Waals surface area contributed by atoms with E-state index in [1.54, 1.807) is 7.11 Å². The van der Waals surface area contributed by atoms with Crippen LogP contribution in [0.2, 0.25) is 0 Å². The van der Waals surface area contributed by atoms with E-state index in [0.717, 1.165) is 36.5 Å². The third-order valence-electron chi connectivity index (χ3n) is 2.63. The Bertz CT molecular complexity index is 316. The van der Waals surface area contributed by atoms with Crippen LogP contribution in [0.1, 0.15) is 29.2 Å². The van der Waals surface area contributed by atoms with Crippen molar-refractivity contribution < 1.29 is 4.74 Å². The van der Waals surface area contributed by atoms with Gasteiger partial charge in [-0.3, -0.25) is 0 Å². The van der Waals surface area contributed by atoms with Crippen molar-refractivity contribution in [2.45, 2.75) is 33.1 Å². The molecular formula is C12H21N3O. The minimum absolute atomic E-state index is 0.668. The van der Waals surface area contributed by atoms with E-state index in [9.17, 15) is 0 Å². The molecule has 0 atom stereocenters. The number of hydrogen-bond acceptors (Lipinski definition) is 4. The van der Waals surface area contributed by atoms with E-state index < -0.39 is 0 Å². The fourth-order valence-corrected chi connectivity index (χ4v) is 1.75. The van der Waals surface area contributed by atoms with E-state index >= 15 is 0 Å². The minimum Gasteiger partial charge on any atom is -0.384 e. The predicted octanol–water partition coefficient (Wildman–Crippen LogP) is 1.17. The summed E-state index contributed by atoms with van der Waals surface area (Å²) < 4.78 is 5.02. The average molecular weight is 223 g/mol. The van der Waals surface area contributed by atoms with Gasteiger partial charge in [0.1, 0.15) is 5.82 Å². The molecule has 90 valence electrons. The highest BCUT2D eigenvalue weighted by molar-refractivity contribution is 5.24. The maximum absolute atomic E-state index is 5.51. The molecule has 16 heavy (non-hydrogen) atoms. The predicted molar refractivity (Wildman–Crippen MR) is 64.5 cm³/mol. The molecule has 0 unspecified atom stereocenters. The van der Waals surface area contributed by atoms with Crippen molar-refractivity contribution in [3.05, 3.63) is 22.8 Å². The Hall–Kier alpha value is -1.00. The molecule has 1 aromatic rings. The zero-order chi connectivity index (χ0) is 12.0. The highest BCUT2D eigenvalue weighted by Crippen LogP contribution is 2.12. The lowest BCUT2D eigenvalue weighted by atomic mass is 10.1. The smallest absolute Gasteiger partial charge is 0.131 e. The summed E-state index contributed by atoms with van der Waals surface area (Å²) in [7, 11) is 1.69. The molecule has 4 nitrogen and oxygen atoms in total. The topological polar surface area (TPSA) is 61.0 Å². The van der Waals surface area contributed by atoms with Crippen LogP contribution < -0.4 is 5.73 Å². The first-order valence-corrected chi connectivity index (χ1v) is 5.71.